The summed E-state index contributed by atoms with van der Waals surface area (Å²) in [6, 6.07) is 5.23. The van der Waals surface area contributed by atoms with E-state index in [0.717, 1.165) is 5.56 Å². The van der Waals surface area contributed by atoms with Gasteiger partial charge in [0.05, 0.1) is 10.9 Å². The van der Waals surface area contributed by atoms with Gasteiger partial charge in [0.25, 0.3) is 0 Å². The van der Waals surface area contributed by atoms with Crippen LogP contribution in [0, 0.1) is 0 Å². The molecule has 0 atom stereocenters. The van der Waals surface area contributed by atoms with Gasteiger partial charge in [-0.3, -0.25) is 9.78 Å². The Morgan fingerprint density at radius 2 is 2.21 bits per heavy atom. The van der Waals surface area contributed by atoms with Gasteiger partial charge in [-0.1, -0.05) is 6.07 Å². The number of hydrogen-bond acceptors (Lipinski definition) is 4. The zero-order valence-electron chi connectivity index (χ0n) is 10.9. The van der Waals surface area contributed by atoms with Crippen molar-refractivity contribution >= 4 is 17.0 Å². The van der Waals surface area contributed by atoms with E-state index < -0.39 is 11.2 Å². The maximum atomic E-state index is 12.1. The fourth-order valence-corrected chi connectivity index (χ4v) is 1.87. The van der Waals surface area contributed by atoms with Gasteiger partial charge in [0.15, 0.2) is 5.58 Å². The number of aromatic amines is 1. The van der Waals surface area contributed by atoms with Crippen LogP contribution >= 0.6 is 0 Å². The summed E-state index contributed by atoms with van der Waals surface area (Å²) >= 11 is 0. The second-order valence-corrected chi connectivity index (χ2v) is 4.90. The summed E-state index contributed by atoms with van der Waals surface area (Å²) in [5.74, 6) is -0.618. The van der Waals surface area contributed by atoms with Crippen LogP contribution in [0.3, 0.4) is 0 Å². The molecule has 0 unspecified atom stereocenters. The van der Waals surface area contributed by atoms with Crippen LogP contribution < -0.4 is 16.8 Å². The third-order valence-electron chi connectivity index (χ3n) is 3.14. The normalized spacial score (nSPS) is 11.7. The van der Waals surface area contributed by atoms with Crippen molar-refractivity contribution in [3.05, 3.63) is 34.3 Å². The minimum absolute atomic E-state index is 0.116. The zero-order chi connectivity index (χ0) is 14.0. The maximum absolute atomic E-state index is 12.1. The first-order valence-corrected chi connectivity index (χ1v) is 6.07. The monoisotopic (exact) mass is 263 g/mol. The maximum Gasteiger partial charge on any atom is 0.417 e. The molecular formula is C13H17N3O3. The molecule has 6 nitrogen and oxygen atoms in total. The molecule has 0 saturated heterocycles. The Labute approximate surface area is 110 Å². The summed E-state index contributed by atoms with van der Waals surface area (Å²) in [7, 11) is 0. The van der Waals surface area contributed by atoms with Gasteiger partial charge < -0.3 is 15.5 Å². The number of rotatable bonds is 4. The van der Waals surface area contributed by atoms with Crippen molar-refractivity contribution in [2.24, 2.45) is 5.73 Å². The zero-order valence-corrected chi connectivity index (χ0v) is 10.9. The fraction of sp³-hybridized carbons (Fsp3) is 0.385. The second-order valence-electron chi connectivity index (χ2n) is 4.90. The highest BCUT2D eigenvalue weighted by Crippen LogP contribution is 2.26. The highest BCUT2D eigenvalue weighted by Gasteiger charge is 2.29. The highest BCUT2D eigenvalue weighted by molar-refractivity contribution is 5.88. The molecule has 0 fully saturated rings. The van der Waals surface area contributed by atoms with Gasteiger partial charge in [-0.25, -0.2) is 4.79 Å². The first-order valence-electron chi connectivity index (χ1n) is 6.07. The van der Waals surface area contributed by atoms with Gasteiger partial charge in [0.2, 0.25) is 5.91 Å². The lowest BCUT2D eigenvalue weighted by atomic mass is 9.83. The number of fused-ring (bicyclic) bond motifs is 1. The predicted molar refractivity (Wildman–Crippen MR) is 71.9 cm³/mol. The van der Waals surface area contributed by atoms with Crippen molar-refractivity contribution < 1.29 is 9.21 Å². The predicted octanol–water partition coefficient (Wildman–Crippen LogP) is 0.474. The Morgan fingerprint density at radius 3 is 2.89 bits per heavy atom. The van der Waals surface area contributed by atoms with E-state index in [1.165, 1.54) is 0 Å². The molecule has 1 aromatic heterocycles. The van der Waals surface area contributed by atoms with Crippen molar-refractivity contribution in [1.29, 1.82) is 0 Å². The molecule has 0 aliphatic rings. The molecule has 0 radical (unpaired) electrons. The van der Waals surface area contributed by atoms with Crippen LogP contribution in [0.1, 0.15) is 19.4 Å². The minimum atomic E-state index is -0.723. The molecule has 0 saturated carbocycles. The van der Waals surface area contributed by atoms with E-state index in [2.05, 4.69) is 10.3 Å². The molecule has 0 spiro atoms. The van der Waals surface area contributed by atoms with Crippen molar-refractivity contribution in [1.82, 2.24) is 10.3 Å². The van der Waals surface area contributed by atoms with Crippen LogP contribution in [0.5, 0.6) is 0 Å². The number of amides is 1. The van der Waals surface area contributed by atoms with Crippen molar-refractivity contribution in [3.8, 4) is 0 Å². The number of aromatic nitrogens is 1. The summed E-state index contributed by atoms with van der Waals surface area (Å²) in [6.07, 6.45) is 0. The van der Waals surface area contributed by atoms with E-state index in [1.54, 1.807) is 18.2 Å². The standard InChI is InChI=1S/C13H17N3O3/c1-13(2,11(17)15-6-5-14)8-3-4-9-10(7-8)19-12(18)16-9/h3-4,7H,5-6,14H2,1-2H3,(H,15,17)(H,16,18). The summed E-state index contributed by atoms with van der Waals surface area (Å²) in [4.78, 5) is 25.8. The molecule has 1 aromatic carbocycles. The summed E-state index contributed by atoms with van der Waals surface area (Å²) in [5, 5.41) is 2.76. The lowest BCUT2D eigenvalue weighted by Gasteiger charge is -2.23. The SMILES string of the molecule is CC(C)(C(=O)NCCN)c1ccc2[nH]c(=O)oc2c1. The second kappa shape index (κ2) is 4.89. The molecule has 0 aliphatic heterocycles. The first kappa shape index (κ1) is 13.4. The lowest BCUT2D eigenvalue weighted by molar-refractivity contribution is -0.125. The third-order valence-corrected chi connectivity index (χ3v) is 3.14. The minimum Gasteiger partial charge on any atom is -0.408 e. The van der Waals surface area contributed by atoms with Crippen LogP contribution in [-0.4, -0.2) is 24.0 Å². The average molecular weight is 263 g/mol. The van der Waals surface area contributed by atoms with Crippen LogP contribution in [0.15, 0.2) is 27.4 Å². The van der Waals surface area contributed by atoms with Crippen LogP contribution in [0.2, 0.25) is 0 Å². The van der Waals surface area contributed by atoms with Gasteiger partial charge in [-0.2, -0.15) is 0 Å². The first-order chi connectivity index (χ1) is 8.95. The van der Waals surface area contributed by atoms with Crippen LogP contribution in [0.25, 0.3) is 11.1 Å². The van der Waals surface area contributed by atoms with E-state index in [4.69, 9.17) is 10.2 Å². The Hall–Kier alpha value is -2.08. The summed E-state index contributed by atoms with van der Waals surface area (Å²) in [6.45, 7) is 4.45. The molecule has 0 aliphatic carbocycles. The number of oxazole rings is 1. The van der Waals surface area contributed by atoms with E-state index in [-0.39, 0.29) is 5.91 Å². The third kappa shape index (κ3) is 2.53. The average Bonchev–Trinajstić information content (AvgIpc) is 2.74. The van der Waals surface area contributed by atoms with Gasteiger partial charge in [-0.15, -0.1) is 0 Å². The number of hydrogen-bond donors (Lipinski definition) is 3. The van der Waals surface area contributed by atoms with Gasteiger partial charge >= 0.3 is 5.76 Å². The highest BCUT2D eigenvalue weighted by atomic mass is 16.4. The Morgan fingerprint density at radius 1 is 1.47 bits per heavy atom. The molecule has 2 rings (SSSR count). The number of nitrogens with two attached hydrogens (primary N) is 1. The summed E-state index contributed by atoms with van der Waals surface area (Å²) in [5.41, 5.74) is 6.48. The summed E-state index contributed by atoms with van der Waals surface area (Å²) < 4.78 is 5.00. The Bertz CT molecular complexity index is 654. The van der Waals surface area contributed by atoms with Crippen molar-refractivity contribution in [3.63, 3.8) is 0 Å². The quantitative estimate of drug-likeness (QED) is 0.746. The molecule has 1 amide bonds. The van der Waals surface area contributed by atoms with E-state index in [1.807, 2.05) is 13.8 Å². The molecule has 19 heavy (non-hydrogen) atoms. The van der Waals surface area contributed by atoms with Gasteiger partial charge in [0.1, 0.15) is 0 Å². The number of H-pyrrole nitrogens is 1. The van der Waals surface area contributed by atoms with Crippen molar-refractivity contribution in [2.75, 3.05) is 13.1 Å². The molecule has 6 heteroatoms. The number of benzene rings is 1. The van der Waals surface area contributed by atoms with Gasteiger partial charge in [-0.05, 0) is 31.5 Å². The largest absolute Gasteiger partial charge is 0.417 e. The van der Waals surface area contributed by atoms with Crippen LogP contribution in [0.4, 0.5) is 0 Å². The number of nitrogens with one attached hydrogen (secondary N) is 2. The Kier molecular flexibility index (Phi) is 3.44. The van der Waals surface area contributed by atoms with Gasteiger partial charge in [0, 0.05) is 13.1 Å². The molecule has 0 bridgehead atoms. The van der Waals surface area contributed by atoms with E-state index in [9.17, 15) is 9.59 Å². The molecule has 1 heterocycles. The van der Waals surface area contributed by atoms with E-state index in [0.29, 0.717) is 24.2 Å². The van der Waals surface area contributed by atoms with Crippen LogP contribution in [-0.2, 0) is 10.2 Å². The molecule has 2 aromatic rings. The molecule has 4 N–H and O–H groups in total. The van der Waals surface area contributed by atoms with Crippen molar-refractivity contribution in [2.45, 2.75) is 19.3 Å². The number of carbonyl (C=O) groups is 1. The topological polar surface area (TPSA) is 101 Å². The lowest BCUT2D eigenvalue weighted by Crippen LogP contribution is -2.42. The Balaban J connectivity index is 2.36. The molecular weight excluding hydrogens is 246 g/mol. The smallest absolute Gasteiger partial charge is 0.408 e. The molecule has 102 valence electrons. The fourth-order valence-electron chi connectivity index (χ4n) is 1.87. The number of carbonyl (C=O) groups excluding carboxylic acids is 1. The van der Waals surface area contributed by atoms with E-state index >= 15 is 0 Å².